The summed E-state index contributed by atoms with van der Waals surface area (Å²) in [5.74, 6) is 1.24. The standard InChI is InChI=1S/C17H24N4OS/c1-11-12(2)23-15-13(11)14(18-10-19-15)20-6-8-21(9-7-20)16(22)17(3,4)5/h10H,6-9H2,1-5H3. The molecular formula is C17H24N4OS. The summed E-state index contributed by atoms with van der Waals surface area (Å²) in [6, 6.07) is 0. The first-order chi connectivity index (χ1) is 10.8. The van der Waals surface area contributed by atoms with E-state index in [9.17, 15) is 4.79 Å². The number of rotatable bonds is 1. The maximum Gasteiger partial charge on any atom is 0.228 e. The maximum atomic E-state index is 12.4. The Morgan fingerprint density at radius 1 is 1.13 bits per heavy atom. The van der Waals surface area contributed by atoms with E-state index in [-0.39, 0.29) is 11.3 Å². The van der Waals surface area contributed by atoms with Crippen molar-refractivity contribution in [3.05, 3.63) is 16.8 Å². The van der Waals surface area contributed by atoms with Crippen molar-refractivity contribution in [1.82, 2.24) is 14.9 Å². The molecule has 1 aliphatic rings. The van der Waals surface area contributed by atoms with Gasteiger partial charge >= 0.3 is 0 Å². The number of amides is 1. The van der Waals surface area contributed by atoms with Gasteiger partial charge in [0, 0.05) is 36.5 Å². The van der Waals surface area contributed by atoms with Crippen LogP contribution in [0.3, 0.4) is 0 Å². The number of carbonyl (C=O) groups is 1. The third-order valence-electron chi connectivity index (χ3n) is 4.45. The summed E-state index contributed by atoms with van der Waals surface area (Å²) in [5.41, 5.74) is 0.958. The van der Waals surface area contributed by atoms with E-state index in [4.69, 9.17) is 0 Å². The smallest absolute Gasteiger partial charge is 0.228 e. The van der Waals surface area contributed by atoms with Gasteiger partial charge in [0.15, 0.2) is 0 Å². The van der Waals surface area contributed by atoms with Gasteiger partial charge in [0.1, 0.15) is 17.0 Å². The second-order valence-corrected chi connectivity index (χ2v) is 8.39. The fourth-order valence-electron chi connectivity index (χ4n) is 3.00. The first kappa shape index (κ1) is 16.2. The van der Waals surface area contributed by atoms with Crippen LogP contribution in [0.15, 0.2) is 6.33 Å². The van der Waals surface area contributed by atoms with Crippen LogP contribution >= 0.6 is 11.3 Å². The number of nitrogens with zero attached hydrogens (tertiary/aromatic N) is 4. The molecule has 23 heavy (non-hydrogen) atoms. The lowest BCUT2D eigenvalue weighted by Crippen LogP contribution is -2.51. The first-order valence-electron chi connectivity index (χ1n) is 8.04. The molecule has 1 fully saturated rings. The minimum atomic E-state index is -0.314. The molecule has 0 aromatic carbocycles. The van der Waals surface area contributed by atoms with Crippen LogP contribution < -0.4 is 4.90 Å². The van der Waals surface area contributed by atoms with Gasteiger partial charge in [-0.2, -0.15) is 0 Å². The summed E-state index contributed by atoms with van der Waals surface area (Å²) in [5, 5.41) is 1.17. The van der Waals surface area contributed by atoms with Crippen LogP contribution in [-0.4, -0.2) is 47.0 Å². The zero-order valence-corrected chi connectivity index (χ0v) is 15.3. The number of aromatic nitrogens is 2. The molecule has 124 valence electrons. The fraction of sp³-hybridized carbons (Fsp3) is 0.588. The third-order valence-corrected chi connectivity index (χ3v) is 5.57. The molecule has 0 aliphatic carbocycles. The topological polar surface area (TPSA) is 49.3 Å². The fourth-order valence-corrected chi connectivity index (χ4v) is 3.99. The predicted molar refractivity (Wildman–Crippen MR) is 95.1 cm³/mol. The molecule has 1 aliphatic heterocycles. The average molecular weight is 332 g/mol. The molecule has 0 spiro atoms. The number of anilines is 1. The van der Waals surface area contributed by atoms with Gasteiger partial charge in [-0.25, -0.2) is 9.97 Å². The molecule has 0 unspecified atom stereocenters. The summed E-state index contributed by atoms with van der Waals surface area (Å²) in [6.07, 6.45) is 1.65. The van der Waals surface area contributed by atoms with Crippen LogP contribution in [0.1, 0.15) is 31.2 Å². The number of aryl methyl sites for hydroxylation is 2. The Balaban J connectivity index is 1.82. The summed E-state index contributed by atoms with van der Waals surface area (Å²) in [4.78, 5) is 28.0. The molecule has 0 N–H and O–H groups in total. The highest BCUT2D eigenvalue weighted by Gasteiger charge is 2.30. The largest absolute Gasteiger partial charge is 0.352 e. The van der Waals surface area contributed by atoms with Crippen LogP contribution in [-0.2, 0) is 4.79 Å². The molecule has 0 saturated carbocycles. The number of hydrogen-bond acceptors (Lipinski definition) is 5. The maximum absolute atomic E-state index is 12.4. The Bertz CT molecular complexity index is 739. The van der Waals surface area contributed by atoms with E-state index in [1.54, 1.807) is 17.7 Å². The Morgan fingerprint density at radius 2 is 1.78 bits per heavy atom. The molecule has 1 amide bonds. The van der Waals surface area contributed by atoms with Crippen molar-refractivity contribution in [3.8, 4) is 0 Å². The quantitative estimate of drug-likeness (QED) is 0.805. The number of fused-ring (bicyclic) bond motifs is 1. The van der Waals surface area contributed by atoms with E-state index in [2.05, 4.69) is 28.7 Å². The Labute approximate surface area is 141 Å². The van der Waals surface area contributed by atoms with Gasteiger partial charge in [0.05, 0.1) is 5.39 Å². The van der Waals surface area contributed by atoms with Crippen LogP contribution in [0.5, 0.6) is 0 Å². The van der Waals surface area contributed by atoms with E-state index >= 15 is 0 Å². The number of hydrogen-bond donors (Lipinski definition) is 0. The summed E-state index contributed by atoms with van der Waals surface area (Å²) in [7, 11) is 0. The second-order valence-electron chi connectivity index (χ2n) is 7.19. The van der Waals surface area contributed by atoms with Gasteiger partial charge < -0.3 is 9.80 Å². The first-order valence-corrected chi connectivity index (χ1v) is 8.85. The van der Waals surface area contributed by atoms with Crippen molar-refractivity contribution in [2.45, 2.75) is 34.6 Å². The van der Waals surface area contributed by atoms with E-state index in [0.717, 1.165) is 36.8 Å². The molecule has 6 heteroatoms. The Morgan fingerprint density at radius 3 is 2.39 bits per heavy atom. The van der Waals surface area contributed by atoms with Crippen molar-refractivity contribution >= 4 is 33.3 Å². The van der Waals surface area contributed by atoms with E-state index in [1.165, 1.54) is 15.8 Å². The van der Waals surface area contributed by atoms with Crippen molar-refractivity contribution in [2.24, 2.45) is 5.41 Å². The van der Waals surface area contributed by atoms with E-state index in [1.807, 2.05) is 25.7 Å². The van der Waals surface area contributed by atoms with Crippen molar-refractivity contribution in [2.75, 3.05) is 31.1 Å². The third kappa shape index (κ3) is 2.92. The highest BCUT2D eigenvalue weighted by Crippen LogP contribution is 2.34. The summed E-state index contributed by atoms with van der Waals surface area (Å²) >= 11 is 1.72. The molecule has 1 saturated heterocycles. The van der Waals surface area contributed by atoms with Crippen molar-refractivity contribution < 1.29 is 4.79 Å². The lowest BCUT2D eigenvalue weighted by atomic mass is 9.94. The molecule has 2 aromatic rings. The van der Waals surface area contributed by atoms with Gasteiger partial charge in [-0.05, 0) is 19.4 Å². The molecule has 3 rings (SSSR count). The predicted octanol–water partition coefficient (Wildman–Crippen LogP) is 3.00. The zero-order valence-electron chi connectivity index (χ0n) is 14.5. The molecule has 0 radical (unpaired) electrons. The van der Waals surface area contributed by atoms with Gasteiger partial charge in [-0.1, -0.05) is 20.8 Å². The SMILES string of the molecule is Cc1sc2ncnc(N3CCN(C(=O)C(C)(C)C)CC3)c2c1C. The van der Waals surface area contributed by atoms with Gasteiger partial charge in [0.2, 0.25) is 5.91 Å². The lowest BCUT2D eigenvalue weighted by molar-refractivity contribution is -0.139. The normalized spacial score (nSPS) is 16.2. The number of carbonyl (C=O) groups excluding carboxylic acids is 1. The molecular weight excluding hydrogens is 308 g/mol. The van der Waals surface area contributed by atoms with Crippen LogP contribution in [0, 0.1) is 19.3 Å². The second kappa shape index (κ2) is 5.74. The number of piperazine rings is 1. The van der Waals surface area contributed by atoms with Crippen molar-refractivity contribution in [1.29, 1.82) is 0 Å². The Kier molecular flexibility index (Phi) is 4.04. The van der Waals surface area contributed by atoms with Crippen LogP contribution in [0.2, 0.25) is 0 Å². The van der Waals surface area contributed by atoms with Crippen LogP contribution in [0.25, 0.3) is 10.2 Å². The van der Waals surface area contributed by atoms with Gasteiger partial charge in [0.25, 0.3) is 0 Å². The van der Waals surface area contributed by atoms with E-state index < -0.39 is 0 Å². The monoisotopic (exact) mass is 332 g/mol. The highest BCUT2D eigenvalue weighted by molar-refractivity contribution is 7.18. The van der Waals surface area contributed by atoms with Gasteiger partial charge in [-0.15, -0.1) is 11.3 Å². The van der Waals surface area contributed by atoms with Crippen molar-refractivity contribution in [3.63, 3.8) is 0 Å². The Hall–Kier alpha value is -1.69. The minimum Gasteiger partial charge on any atom is -0.352 e. The minimum absolute atomic E-state index is 0.229. The lowest BCUT2D eigenvalue weighted by Gasteiger charge is -2.38. The van der Waals surface area contributed by atoms with Crippen LogP contribution in [0.4, 0.5) is 5.82 Å². The van der Waals surface area contributed by atoms with E-state index in [0.29, 0.717) is 0 Å². The molecule has 0 bridgehead atoms. The molecule has 5 nitrogen and oxygen atoms in total. The molecule has 2 aromatic heterocycles. The van der Waals surface area contributed by atoms with Gasteiger partial charge in [-0.3, -0.25) is 4.79 Å². The molecule has 3 heterocycles. The summed E-state index contributed by atoms with van der Waals surface area (Å²) in [6.45, 7) is 13.4. The average Bonchev–Trinajstić information content (AvgIpc) is 2.81. The summed E-state index contributed by atoms with van der Waals surface area (Å²) < 4.78 is 0. The molecule has 0 atom stereocenters. The number of thiophene rings is 1. The zero-order chi connectivity index (χ0) is 16.8. The highest BCUT2D eigenvalue weighted by atomic mass is 32.1.